The first-order valence-electron chi connectivity index (χ1n) is 7.75. The molecule has 0 radical (unpaired) electrons. The van der Waals surface area contributed by atoms with Gasteiger partial charge in [0, 0.05) is 28.2 Å². The molecule has 0 atom stereocenters. The van der Waals surface area contributed by atoms with Gasteiger partial charge in [-0.25, -0.2) is 4.98 Å². The maximum absolute atomic E-state index is 11.3. The fourth-order valence-electron chi connectivity index (χ4n) is 2.31. The Kier molecular flexibility index (Phi) is 4.95. The number of aryl methyl sites for hydroxylation is 1. The lowest BCUT2D eigenvalue weighted by Crippen LogP contribution is -2.01. The van der Waals surface area contributed by atoms with Gasteiger partial charge in [0.2, 0.25) is 5.95 Å². The van der Waals surface area contributed by atoms with E-state index in [9.17, 15) is 4.79 Å². The van der Waals surface area contributed by atoms with Crippen LogP contribution in [-0.4, -0.2) is 15.8 Å². The molecule has 3 aromatic rings. The van der Waals surface area contributed by atoms with Gasteiger partial charge in [-0.05, 0) is 67.9 Å². The van der Waals surface area contributed by atoms with E-state index < -0.39 is 0 Å². The van der Waals surface area contributed by atoms with Crippen LogP contribution in [0, 0.1) is 6.92 Å². The summed E-state index contributed by atoms with van der Waals surface area (Å²) < 4.78 is 0. The average Bonchev–Trinajstić information content (AvgIpc) is 2.58. The van der Waals surface area contributed by atoms with Crippen LogP contribution in [0.3, 0.4) is 0 Å². The highest BCUT2D eigenvalue weighted by Crippen LogP contribution is 2.23. The van der Waals surface area contributed by atoms with Gasteiger partial charge in [0.05, 0.1) is 0 Å². The van der Waals surface area contributed by atoms with Gasteiger partial charge in [0.25, 0.3) is 0 Å². The average molecular weight is 353 g/mol. The molecule has 2 N–H and O–H groups in total. The lowest BCUT2D eigenvalue weighted by atomic mass is 10.1. The number of hydrogen-bond donors (Lipinski definition) is 2. The largest absolute Gasteiger partial charge is 0.340 e. The Hall–Kier alpha value is -2.92. The predicted molar refractivity (Wildman–Crippen MR) is 101 cm³/mol. The van der Waals surface area contributed by atoms with Crippen molar-refractivity contribution in [2.45, 2.75) is 13.8 Å². The van der Waals surface area contributed by atoms with E-state index in [2.05, 4.69) is 20.6 Å². The number of carbonyl (C=O) groups is 1. The summed E-state index contributed by atoms with van der Waals surface area (Å²) in [4.78, 5) is 20.0. The number of ketones is 1. The van der Waals surface area contributed by atoms with Gasteiger partial charge >= 0.3 is 0 Å². The number of hydrogen-bond acceptors (Lipinski definition) is 5. The highest BCUT2D eigenvalue weighted by molar-refractivity contribution is 6.30. The molecule has 5 nitrogen and oxygen atoms in total. The third kappa shape index (κ3) is 4.33. The molecular formula is C19H17ClN4O. The van der Waals surface area contributed by atoms with Crippen molar-refractivity contribution in [2.75, 3.05) is 10.6 Å². The third-order valence-corrected chi connectivity index (χ3v) is 3.89. The molecule has 0 aliphatic rings. The summed E-state index contributed by atoms with van der Waals surface area (Å²) in [6.07, 6.45) is 1.67. The van der Waals surface area contributed by atoms with Crippen LogP contribution in [0.4, 0.5) is 23.1 Å². The molecular weight excluding hydrogens is 336 g/mol. The van der Waals surface area contributed by atoms with Crippen LogP contribution >= 0.6 is 11.6 Å². The first kappa shape index (κ1) is 16.9. The van der Waals surface area contributed by atoms with Crippen molar-refractivity contribution in [3.63, 3.8) is 0 Å². The summed E-state index contributed by atoms with van der Waals surface area (Å²) in [6.45, 7) is 3.51. The second-order valence-electron chi connectivity index (χ2n) is 5.61. The molecule has 1 aromatic heterocycles. The van der Waals surface area contributed by atoms with Gasteiger partial charge in [-0.2, -0.15) is 4.98 Å². The molecule has 0 aliphatic carbocycles. The molecule has 0 amide bonds. The number of nitrogens with zero attached hydrogens (tertiary/aromatic N) is 2. The summed E-state index contributed by atoms with van der Waals surface area (Å²) in [6, 6.07) is 14.6. The number of benzene rings is 2. The topological polar surface area (TPSA) is 66.9 Å². The van der Waals surface area contributed by atoms with Crippen molar-refractivity contribution in [1.82, 2.24) is 9.97 Å². The van der Waals surface area contributed by atoms with Gasteiger partial charge in [0.15, 0.2) is 5.78 Å². The Bertz CT molecular complexity index is 910. The molecule has 126 valence electrons. The first-order chi connectivity index (χ1) is 12.0. The Balaban J connectivity index is 1.76. The fraction of sp³-hybridized carbons (Fsp3) is 0.105. The van der Waals surface area contributed by atoms with E-state index in [0.717, 1.165) is 16.9 Å². The third-order valence-electron chi connectivity index (χ3n) is 3.65. The molecule has 0 spiro atoms. The van der Waals surface area contributed by atoms with Crippen molar-refractivity contribution in [2.24, 2.45) is 0 Å². The summed E-state index contributed by atoms with van der Waals surface area (Å²) in [7, 11) is 0. The van der Waals surface area contributed by atoms with Crippen LogP contribution < -0.4 is 10.6 Å². The quantitative estimate of drug-likeness (QED) is 0.623. The SMILES string of the molecule is CC(=O)c1ccc(Nc2ccnc(Nc3ccc(Cl)cc3C)n2)cc1. The number of halogens is 1. The predicted octanol–water partition coefficient (Wildman–Crippen LogP) is 5.13. The Morgan fingerprint density at radius 2 is 1.80 bits per heavy atom. The monoisotopic (exact) mass is 352 g/mol. The van der Waals surface area contributed by atoms with E-state index in [1.807, 2.05) is 37.3 Å². The van der Waals surface area contributed by atoms with Gasteiger partial charge in [-0.1, -0.05) is 11.6 Å². The summed E-state index contributed by atoms with van der Waals surface area (Å²) in [5.41, 5.74) is 3.42. The maximum Gasteiger partial charge on any atom is 0.229 e. The van der Waals surface area contributed by atoms with Crippen LogP contribution in [0.25, 0.3) is 0 Å². The van der Waals surface area contributed by atoms with E-state index >= 15 is 0 Å². The minimum atomic E-state index is 0.0402. The van der Waals surface area contributed by atoms with Crippen LogP contribution in [0.5, 0.6) is 0 Å². The second-order valence-corrected chi connectivity index (χ2v) is 6.04. The smallest absolute Gasteiger partial charge is 0.229 e. The highest BCUT2D eigenvalue weighted by atomic mass is 35.5. The van der Waals surface area contributed by atoms with Gasteiger partial charge in [-0.3, -0.25) is 4.79 Å². The van der Waals surface area contributed by atoms with Crippen molar-refractivity contribution in [3.05, 3.63) is 70.9 Å². The summed E-state index contributed by atoms with van der Waals surface area (Å²) in [5, 5.41) is 7.07. The number of carbonyl (C=O) groups excluding carboxylic acids is 1. The minimum Gasteiger partial charge on any atom is -0.340 e. The number of aromatic nitrogens is 2. The fourth-order valence-corrected chi connectivity index (χ4v) is 2.54. The molecule has 3 rings (SSSR count). The van der Waals surface area contributed by atoms with Crippen LogP contribution in [0.15, 0.2) is 54.7 Å². The van der Waals surface area contributed by atoms with E-state index in [4.69, 9.17) is 11.6 Å². The Morgan fingerprint density at radius 1 is 1.04 bits per heavy atom. The van der Waals surface area contributed by atoms with E-state index in [0.29, 0.717) is 22.4 Å². The van der Waals surface area contributed by atoms with Crippen molar-refractivity contribution >= 4 is 40.5 Å². The number of nitrogens with one attached hydrogen (secondary N) is 2. The zero-order chi connectivity index (χ0) is 17.8. The molecule has 0 bridgehead atoms. The standard InChI is InChI=1S/C19H17ClN4O/c1-12-11-15(20)5-8-17(12)23-19-21-10-9-18(24-19)22-16-6-3-14(4-7-16)13(2)25/h3-11H,1-2H3,(H2,21,22,23,24). The zero-order valence-corrected chi connectivity index (χ0v) is 14.6. The number of anilines is 4. The molecule has 0 aliphatic heterocycles. The maximum atomic E-state index is 11.3. The molecule has 1 heterocycles. The van der Waals surface area contributed by atoms with Gasteiger partial charge < -0.3 is 10.6 Å². The number of rotatable bonds is 5. The Labute approximate surface area is 151 Å². The summed E-state index contributed by atoms with van der Waals surface area (Å²) in [5.74, 6) is 1.17. The normalized spacial score (nSPS) is 10.4. The van der Waals surface area contributed by atoms with Gasteiger partial charge in [0.1, 0.15) is 5.82 Å². The second kappa shape index (κ2) is 7.32. The Morgan fingerprint density at radius 3 is 2.48 bits per heavy atom. The van der Waals surface area contributed by atoms with E-state index in [1.165, 1.54) is 0 Å². The van der Waals surface area contributed by atoms with Crippen molar-refractivity contribution in [1.29, 1.82) is 0 Å². The molecule has 0 saturated heterocycles. The van der Waals surface area contributed by atoms with Gasteiger partial charge in [-0.15, -0.1) is 0 Å². The lowest BCUT2D eigenvalue weighted by Gasteiger charge is -2.10. The zero-order valence-electron chi connectivity index (χ0n) is 13.9. The van der Waals surface area contributed by atoms with Crippen LogP contribution in [-0.2, 0) is 0 Å². The number of Topliss-reactive ketones (excluding diaryl/α,β-unsaturated/α-hetero) is 1. The van der Waals surface area contributed by atoms with Crippen molar-refractivity contribution < 1.29 is 4.79 Å². The molecule has 0 unspecified atom stereocenters. The molecule has 0 saturated carbocycles. The minimum absolute atomic E-state index is 0.0402. The highest BCUT2D eigenvalue weighted by Gasteiger charge is 2.04. The van der Waals surface area contributed by atoms with E-state index in [1.54, 1.807) is 31.3 Å². The first-order valence-corrected chi connectivity index (χ1v) is 8.13. The van der Waals surface area contributed by atoms with Crippen molar-refractivity contribution in [3.8, 4) is 0 Å². The van der Waals surface area contributed by atoms with Crippen LogP contribution in [0.2, 0.25) is 5.02 Å². The molecule has 25 heavy (non-hydrogen) atoms. The van der Waals surface area contributed by atoms with Crippen LogP contribution in [0.1, 0.15) is 22.8 Å². The lowest BCUT2D eigenvalue weighted by molar-refractivity contribution is 0.101. The molecule has 2 aromatic carbocycles. The molecule has 6 heteroatoms. The summed E-state index contributed by atoms with van der Waals surface area (Å²) >= 11 is 5.98. The molecule has 0 fully saturated rings. The van der Waals surface area contributed by atoms with E-state index in [-0.39, 0.29) is 5.78 Å².